The molecule has 2 aromatic carbocycles. The van der Waals surface area contributed by atoms with Gasteiger partial charge in [0, 0.05) is 18.3 Å². The van der Waals surface area contributed by atoms with E-state index >= 15 is 0 Å². The fourth-order valence-corrected chi connectivity index (χ4v) is 3.59. The number of aromatic nitrogens is 2. The fraction of sp³-hybridized carbons (Fsp3) is 0.158. The second-order valence-corrected chi connectivity index (χ2v) is 8.99. The van der Waals surface area contributed by atoms with Crippen molar-refractivity contribution in [3.05, 3.63) is 70.8 Å². The van der Waals surface area contributed by atoms with E-state index in [4.69, 9.17) is 11.6 Å². The summed E-state index contributed by atoms with van der Waals surface area (Å²) in [4.78, 5) is 13.2. The average molecular weight is 476 g/mol. The maximum Gasteiger partial charge on any atom is 0.434 e. The Kier molecular flexibility index (Phi) is 5.85. The number of hydrogen-bond acceptors (Lipinski definition) is 4. The number of nitrogens with zero attached hydrogens (tertiary/aromatic N) is 3. The minimum absolute atomic E-state index is 0.00341. The Labute approximate surface area is 179 Å². The standard InChI is InChI=1S/C19H14ClF4N3O3S/c1-26(16-9-13(31(2,29)30)7-8-15(16)21)18(28)14-10-25-27(17(14)19(22,23)24)12-5-3-11(20)4-6-12/h3-10H,1-2H3. The lowest BCUT2D eigenvalue weighted by Gasteiger charge is -2.20. The van der Waals surface area contributed by atoms with Gasteiger partial charge in [-0.15, -0.1) is 0 Å². The van der Waals surface area contributed by atoms with Crippen LogP contribution in [0.1, 0.15) is 16.1 Å². The van der Waals surface area contributed by atoms with Crippen LogP contribution >= 0.6 is 11.6 Å². The first-order chi connectivity index (χ1) is 14.3. The molecule has 0 radical (unpaired) electrons. The molecule has 3 rings (SSSR count). The number of benzene rings is 2. The maximum atomic E-state index is 14.3. The molecule has 0 unspecified atom stereocenters. The molecule has 31 heavy (non-hydrogen) atoms. The highest BCUT2D eigenvalue weighted by molar-refractivity contribution is 7.90. The average Bonchev–Trinajstić information content (AvgIpc) is 3.12. The second kappa shape index (κ2) is 7.97. The van der Waals surface area contributed by atoms with Gasteiger partial charge in [0.25, 0.3) is 5.91 Å². The van der Waals surface area contributed by atoms with Crippen LogP contribution < -0.4 is 4.90 Å². The van der Waals surface area contributed by atoms with Gasteiger partial charge in [-0.2, -0.15) is 18.3 Å². The van der Waals surface area contributed by atoms with Crippen molar-refractivity contribution in [2.45, 2.75) is 11.1 Å². The van der Waals surface area contributed by atoms with Gasteiger partial charge >= 0.3 is 6.18 Å². The van der Waals surface area contributed by atoms with E-state index in [1.54, 1.807) is 0 Å². The van der Waals surface area contributed by atoms with Crippen molar-refractivity contribution < 1.29 is 30.8 Å². The molecule has 0 fully saturated rings. The van der Waals surface area contributed by atoms with Gasteiger partial charge in [-0.1, -0.05) is 11.6 Å². The summed E-state index contributed by atoms with van der Waals surface area (Å²) in [5.74, 6) is -2.21. The molecular weight excluding hydrogens is 462 g/mol. The Hall–Kier alpha value is -2.92. The molecule has 1 heterocycles. The zero-order valence-corrected chi connectivity index (χ0v) is 17.6. The van der Waals surface area contributed by atoms with Gasteiger partial charge in [0.05, 0.1) is 28.0 Å². The van der Waals surface area contributed by atoms with E-state index in [9.17, 15) is 30.8 Å². The van der Waals surface area contributed by atoms with Crippen molar-refractivity contribution in [1.29, 1.82) is 0 Å². The highest BCUT2D eigenvalue weighted by Gasteiger charge is 2.41. The van der Waals surface area contributed by atoms with Gasteiger partial charge in [0.15, 0.2) is 15.5 Å². The number of rotatable bonds is 4. The Morgan fingerprint density at radius 1 is 1.13 bits per heavy atom. The Morgan fingerprint density at radius 3 is 2.29 bits per heavy atom. The molecule has 0 spiro atoms. The van der Waals surface area contributed by atoms with Crippen molar-refractivity contribution in [1.82, 2.24) is 9.78 Å². The highest BCUT2D eigenvalue weighted by atomic mass is 35.5. The summed E-state index contributed by atoms with van der Waals surface area (Å²) < 4.78 is 79.7. The van der Waals surface area contributed by atoms with Crippen LogP contribution in [0.5, 0.6) is 0 Å². The first-order valence-corrected chi connectivity index (χ1v) is 10.8. The van der Waals surface area contributed by atoms with Crippen LogP contribution in [0.25, 0.3) is 5.69 Å². The number of halogens is 5. The first kappa shape index (κ1) is 22.8. The molecule has 0 atom stereocenters. The third-order valence-corrected chi connectivity index (χ3v) is 5.71. The molecule has 164 valence electrons. The summed E-state index contributed by atoms with van der Waals surface area (Å²) in [6.07, 6.45) is -3.38. The molecule has 3 aromatic rings. The van der Waals surface area contributed by atoms with E-state index in [1.165, 1.54) is 24.3 Å². The summed E-state index contributed by atoms with van der Waals surface area (Å²) in [6.45, 7) is 0. The number of anilines is 1. The van der Waals surface area contributed by atoms with Crippen molar-refractivity contribution in [3.8, 4) is 5.69 Å². The predicted molar refractivity (Wildman–Crippen MR) is 106 cm³/mol. The smallest absolute Gasteiger partial charge is 0.309 e. The van der Waals surface area contributed by atoms with Crippen molar-refractivity contribution in [2.24, 2.45) is 0 Å². The van der Waals surface area contributed by atoms with Gasteiger partial charge in [-0.25, -0.2) is 17.5 Å². The minimum Gasteiger partial charge on any atom is -0.309 e. The SMILES string of the molecule is CN(C(=O)c1cnn(-c2ccc(Cl)cc2)c1C(F)(F)F)c1cc(S(C)(=O)=O)ccc1F. The third-order valence-electron chi connectivity index (χ3n) is 4.35. The summed E-state index contributed by atoms with van der Waals surface area (Å²) >= 11 is 5.76. The van der Waals surface area contributed by atoms with Gasteiger partial charge in [-0.3, -0.25) is 4.79 Å². The zero-order chi connectivity index (χ0) is 23.1. The van der Waals surface area contributed by atoms with E-state index in [0.29, 0.717) is 20.8 Å². The van der Waals surface area contributed by atoms with Gasteiger partial charge in [0.2, 0.25) is 0 Å². The maximum absolute atomic E-state index is 14.3. The molecule has 0 aliphatic rings. The largest absolute Gasteiger partial charge is 0.434 e. The van der Waals surface area contributed by atoms with Crippen molar-refractivity contribution in [2.75, 3.05) is 18.2 Å². The first-order valence-electron chi connectivity index (χ1n) is 8.49. The predicted octanol–water partition coefficient (Wildman–Crippen LogP) is 4.36. The molecule has 0 aliphatic heterocycles. The van der Waals surface area contributed by atoms with Crippen LogP contribution in [-0.4, -0.2) is 37.4 Å². The molecule has 6 nitrogen and oxygen atoms in total. The Bertz CT molecular complexity index is 1260. The van der Waals surface area contributed by atoms with E-state index < -0.39 is 44.7 Å². The quantitative estimate of drug-likeness (QED) is 0.415. The molecule has 1 amide bonds. The van der Waals surface area contributed by atoms with E-state index in [2.05, 4.69) is 5.10 Å². The topological polar surface area (TPSA) is 72.3 Å². The van der Waals surface area contributed by atoms with Crippen LogP contribution in [0, 0.1) is 5.82 Å². The summed E-state index contributed by atoms with van der Waals surface area (Å²) in [5.41, 5.74) is -2.70. The minimum atomic E-state index is -4.98. The molecule has 0 N–H and O–H groups in total. The summed E-state index contributed by atoms with van der Waals surface area (Å²) in [7, 11) is -2.71. The Morgan fingerprint density at radius 2 is 1.74 bits per heavy atom. The lowest BCUT2D eigenvalue weighted by molar-refractivity contribution is -0.143. The Balaban J connectivity index is 2.11. The number of carbonyl (C=O) groups is 1. The lowest BCUT2D eigenvalue weighted by atomic mass is 10.2. The van der Waals surface area contributed by atoms with Gasteiger partial charge in [-0.05, 0) is 42.5 Å². The molecule has 12 heteroatoms. The molecule has 0 saturated heterocycles. The number of amides is 1. The third kappa shape index (κ3) is 4.57. The van der Waals surface area contributed by atoms with E-state index in [-0.39, 0.29) is 10.6 Å². The number of sulfone groups is 1. The van der Waals surface area contributed by atoms with Crippen molar-refractivity contribution >= 4 is 33.0 Å². The van der Waals surface area contributed by atoms with Crippen LogP contribution in [0.3, 0.4) is 0 Å². The second-order valence-electron chi connectivity index (χ2n) is 6.54. The monoisotopic (exact) mass is 475 g/mol. The molecule has 0 bridgehead atoms. The van der Waals surface area contributed by atoms with Crippen molar-refractivity contribution in [3.63, 3.8) is 0 Å². The fourth-order valence-electron chi connectivity index (χ4n) is 2.83. The summed E-state index contributed by atoms with van der Waals surface area (Å²) in [6, 6.07) is 7.98. The number of hydrogen-bond donors (Lipinski definition) is 0. The molecule has 0 saturated carbocycles. The van der Waals surface area contributed by atoms with E-state index in [1.807, 2.05) is 0 Å². The normalized spacial score (nSPS) is 12.1. The summed E-state index contributed by atoms with van der Waals surface area (Å²) in [5, 5.41) is 3.97. The van der Waals surface area contributed by atoms with Crippen LogP contribution in [-0.2, 0) is 16.0 Å². The molecule has 0 aliphatic carbocycles. The number of carbonyl (C=O) groups excluding carboxylic acids is 1. The van der Waals surface area contributed by atoms with Gasteiger partial charge in [0.1, 0.15) is 5.82 Å². The number of alkyl halides is 3. The van der Waals surface area contributed by atoms with Gasteiger partial charge < -0.3 is 4.90 Å². The molecule has 1 aromatic heterocycles. The highest BCUT2D eigenvalue weighted by Crippen LogP contribution is 2.35. The van der Waals surface area contributed by atoms with Crippen LogP contribution in [0.4, 0.5) is 23.2 Å². The van der Waals surface area contributed by atoms with Crippen LogP contribution in [0.15, 0.2) is 53.6 Å². The zero-order valence-electron chi connectivity index (χ0n) is 16.0. The van der Waals surface area contributed by atoms with Crippen LogP contribution in [0.2, 0.25) is 5.02 Å². The van der Waals surface area contributed by atoms with E-state index in [0.717, 1.165) is 31.5 Å². The lowest BCUT2D eigenvalue weighted by Crippen LogP contribution is -2.29. The molecular formula is C19H14ClF4N3O3S.